The van der Waals surface area contributed by atoms with Gasteiger partial charge in [-0.25, -0.2) is 4.79 Å². The molecule has 0 N–H and O–H groups in total. The molecule has 0 aliphatic carbocycles. The van der Waals surface area contributed by atoms with Gasteiger partial charge in [0.05, 0.1) is 15.4 Å². The number of nitrogens with zero attached hydrogens (tertiary/aromatic N) is 2. The lowest BCUT2D eigenvalue weighted by Gasteiger charge is -2.04. The highest BCUT2D eigenvalue weighted by molar-refractivity contribution is 5.91. The van der Waals surface area contributed by atoms with Crippen LogP contribution in [0.4, 0.5) is 11.4 Å². The van der Waals surface area contributed by atoms with Crippen LogP contribution >= 0.6 is 0 Å². The summed E-state index contributed by atoms with van der Waals surface area (Å²) >= 11 is 0. The van der Waals surface area contributed by atoms with Gasteiger partial charge in [-0.1, -0.05) is 12.7 Å². The van der Waals surface area contributed by atoms with Gasteiger partial charge in [0.1, 0.15) is 12.2 Å². The van der Waals surface area contributed by atoms with E-state index in [1.165, 1.54) is 13.0 Å². The number of hydrogen-bond donors (Lipinski definition) is 0. The zero-order valence-electron chi connectivity index (χ0n) is 9.99. The minimum atomic E-state index is -0.883. The van der Waals surface area contributed by atoms with Crippen molar-refractivity contribution in [1.29, 1.82) is 0 Å². The van der Waals surface area contributed by atoms with Gasteiger partial charge in [-0.3, -0.25) is 20.2 Å². The average Bonchev–Trinajstić information content (AvgIpc) is 2.35. The molecule has 0 saturated heterocycles. The Morgan fingerprint density at radius 1 is 1.32 bits per heavy atom. The summed E-state index contributed by atoms with van der Waals surface area (Å²) in [5, 5.41) is 21.6. The third kappa shape index (κ3) is 3.12. The summed E-state index contributed by atoms with van der Waals surface area (Å²) in [5.74, 6) is -0.883. The smallest absolute Gasteiger partial charge is 0.338 e. The van der Waals surface area contributed by atoms with Crippen LogP contribution in [-0.2, 0) is 4.74 Å². The maximum absolute atomic E-state index is 11.5. The van der Waals surface area contributed by atoms with Crippen LogP contribution in [0, 0.1) is 27.2 Å². The molecule has 0 fully saturated rings. The molecule has 0 aliphatic rings. The van der Waals surface area contributed by atoms with E-state index in [1.54, 1.807) is 0 Å². The molecule has 0 aromatic heterocycles. The van der Waals surface area contributed by atoms with Gasteiger partial charge in [0.25, 0.3) is 11.4 Å². The monoisotopic (exact) mass is 266 g/mol. The Morgan fingerprint density at radius 3 is 2.16 bits per heavy atom. The fraction of sp³-hybridized carbons (Fsp3) is 0.182. The molecule has 1 rings (SSSR count). The topological polar surface area (TPSA) is 113 Å². The fourth-order valence-corrected chi connectivity index (χ4v) is 1.40. The molecule has 0 spiro atoms. The van der Waals surface area contributed by atoms with Crippen LogP contribution in [0.3, 0.4) is 0 Å². The minimum absolute atomic E-state index is 0.0890. The molecule has 0 heterocycles. The highest BCUT2D eigenvalue weighted by Gasteiger charge is 2.25. The maximum atomic E-state index is 11.5. The number of carbonyl (C=O) groups is 1. The molecule has 19 heavy (non-hydrogen) atoms. The molecule has 8 heteroatoms. The van der Waals surface area contributed by atoms with Crippen molar-refractivity contribution in [1.82, 2.24) is 0 Å². The third-order valence-corrected chi connectivity index (χ3v) is 2.31. The van der Waals surface area contributed by atoms with Crippen LogP contribution < -0.4 is 0 Å². The molecular formula is C11H10N2O6. The number of carbonyl (C=O) groups excluding carboxylic acids is 1. The number of rotatable bonds is 5. The van der Waals surface area contributed by atoms with E-state index in [0.717, 1.165) is 12.1 Å². The highest BCUT2D eigenvalue weighted by atomic mass is 16.6. The lowest BCUT2D eigenvalue weighted by molar-refractivity contribution is -0.395. The van der Waals surface area contributed by atoms with Gasteiger partial charge < -0.3 is 4.74 Å². The predicted molar refractivity (Wildman–Crippen MR) is 65.0 cm³/mol. The van der Waals surface area contributed by atoms with Crippen molar-refractivity contribution < 1.29 is 19.4 Å². The Labute approximate surface area is 107 Å². The van der Waals surface area contributed by atoms with E-state index in [4.69, 9.17) is 0 Å². The summed E-state index contributed by atoms with van der Waals surface area (Å²) in [6, 6.07) is 1.90. The van der Waals surface area contributed by atoms with Gasteiger partial charge >= 0.3 is 5.97 Å². The van der Waals surface area contributed by atoms with Crippen LogP contribution in [0.2, 0.25) is 0 Å². The van der Waals surface area contributed by atoms with Gasteiger partial charge in [0.2, 0.25) is 0 Å². The third-order valence-electron chi connectivity index (χ3n) is 2.31. The number of esters is 1. The van der Waals surface area contributed by atoms with Crippen LogP contribution in [-0.4, -0.2) is 22.4 Å². The molecule has 0 bridgehead atoms. The first kappa shape index (κ1) is 14.3. The lowest BCUT2D eigenvalue weighted by atomic mass is 10.1. The van der Waals surface area contributed by atoms with Gasteiger partial charge in [0, 0.05) is 12.1 Å². The summed E-state index contributed by atoms with van der Waals surface area (Å²) in [5.41, 5.74) is -1.36. The second-order valence-corrected chi connectivity index (χ2v) is 3.54. The van der Waals surface area contributed by atoms with Crippen molar-refractivity contribution in [2.75, 3.05) is 6.61 Å². The largest absolute Gasteiger partial charge is 0.458 e. The zero-order chi connectivity index (χ0) is 14.6. The van der Waals surface area contributed by atoms with E-state index in [1.807, 2.05) is 0 Å². The number of ether oxygens (including phenoxy) is 1. The molecule has 1 aromatic rings. The summed E-state index contributed by atoms with van der Waals surface area (Å²) < 4.78 is 4.68. The van der Waals surface area contributed by atoms with Gasteiger partial charge in [0.15, 0.2) is 0 Å². The second kappa shape index (κ2) is 5.71. The molecule has 0 unspecified atom stereocenters. The molecule has 0 amide bonds. The molecule has 8 nitrogen and oxygen atoms in total. The van der Waals surface area contributed by atoms with Crippen molar-refractivity contribution in [3.05, 3.63) is 56.1 Å². The first-order valence-corrected chi connectivity index (χ1v) is 5.10. The molecule has 1 aromatic carbocycles. The van der Waals surface area contributed by atoms with Gasteiger partial charge in [-0.2, -0.15) is 0 Å². The first-order valence-electron chi connectivity index (χ1n) is 5.10. The van der Waals surface area contributed by atoms with Crippen LogP contribution in [0.25, 0.3) is 0 Å². The zero-order valence-corrected chi connectivity index (χ0v) is 9.99. The maximum Gasteiger partial charge on any atom is 0.338 e. The Balaban J connectivity index is 3.34. The summed E-state index contributed by atoms with van der Waals surface area (Å²) in [6.07, 6.45) is 1.31. The lowest BCUT2D eigenvalue weighted by Crippen LogP contribution is -2.08. The molecular weight excluding hydrogens is 256 g/mol. The number of nitro groups is 2. The summed E-state index contributed by atoms with van der Waals surface area (Å²) in [6.45, 7) is 4.49. The van der Waals surface area contributed by atoms with Gasteiger partial charge in [-0.15, -0.1) is 0 Å². The van der Waals surface area contributed by atoms with E-state index in [2.05, 4.69) is 11.3 Å². The second-order valence-electron chi connectivity index (χ2n) is 3.54. The Morgan fingerprint density at radius 2 is 1.79 bits per heavy atom. The quantitative estimate of drug-likeness (QED) is 0.349. The summed E-state index contributed by atoms with van der Waals surface area (Å²) in [4.78, 5) is 31.6. The molecule has 0 radical (unpaired) electrons. The minimum Gasteiger partial charge on any atom is -0.458 e. The van der Waals surface area contributed by atoms with E-state index in [9.17, 15) is 25.0 Å². The van der Waals surface area contributed by atoms with Crippen LogP contribution in [0.5, 0.6) is 0 Å². The van der Waals surface area contributed by atoms with E-state index in [0.29, 0.717) is 0 Å². The van der Waals surface area contributed by atoms with Gasteiger partial charge in [-0.05, 0) is 6.92 Å². The van der Waals surface area contributed by atoms with Crippen LogP contribution in [0.1, 0.15) is 15.9 Å². The summed E-state index contributed by atoms with van der Waals surface area (Å²) in [7, 11) is 0. The Kier molecular flexibility index (Phi) is 4.30. The normalized spacial score (nSPS) is 9.74. The van der Waals surface area contributed by atoms with E-state index >= 15 is 0 Å². The van der Waals surface area contributed by atoms with Crippen molar-refractivity contribution >= 4 is 17.3 Å². The average molecular weight is 266 g/mol. The Hall–Kier alpha value is -2.77. The van der Waals surface area contributed by atoms with Crippen molar-refractivity contribution in [3.63, 3.8) is 0 Å². The van der Waals surface area contributed by atoms with Crippen LogP contribution in [0.15, 0.2) is 24.8 Å². The van der Waals surface area contributed by atoms with Crippen molar-refractivity contribution in [3.8, 4) is 0 Å². The van der Waals surface area contributed by atoms with Crippen molar-refractivity contribution in [2.45, 2.75) is 6.92 Å². The fourth-order valence-electron chi connectivity index (χ4n) is 1.40. The predicted octanol–water partition coefficient (Wildman–Crippen LogP) is 2.15. The molecule has 0 aliphatic heterocycles. The SMILES string of the molecule is C=CCOC(=O)c1cc([N+](=O)[O-])c(C)c([N+](=O)[O-])c1. The van der Waals surface area contributed by atoms with E-state index < -0.39 is 27.2 Å². The number of benzene rings is 1. The first-order chi connectivity index (χ1) is 8.88. The molecule has 0 atom stereocenters. The standard InChI is InChI=1S/C11H10N2O6/c1-3-4-19-11(14)8-5-9(12(15)16)7(2)10(6-8)13(17)18/h3,5-6H,1,4H2,2H3. The number of nitro benzene ring substituents is 2. The Bertz CT molecular complexity index is 531. The highest BCUT2D eigenvalue weighted by Crippen LogP contribution is 2.29. The van der Waals surface area contributed by atoms with Crippen molar-refractivity contribution in [2.24, 2.45) is 0 Å². The number of hydrogen-bond acceptors (Lipinski definition) is 6. The molecule has 100 valence electrons. The van der Waals surface area contributed by atoms with E-state index in [-0.39, 0.29) is 17.7 Å². The molecule has 0 saturated carbocycles.